The van der Waals surface area contributed by atoms with E-state index in [0.717, 1.165) is 0 Å². The minimum absolute atomic E-state index is 0.198. The van der Waals surface area contributed by atoms with Crippen molar-refractivity contribution in [1.29, 1.82) is 0 Å². The molecule has 0 saturated carbocycles. The normalized spacial score (nSPS) is 12.5. The van der Waals surface area contributed by atoms with Crippen molar-refractivity contribution in [3.8, 4) is 0 Å². The highest BCUT2D eigenvalue weighted by Crippen LogP contribution is 2.10. The number of aliphatic hydroxyl groups is 1. The van der Waals surface area contributed by atoms with Gasteiger partial charge in [-0.05, 0) is 17.4 Å². The lowest BCUT2D eigenvalue weighted by Gasteiger charge is -2.11. The molecular formula is C11H15NO3S. The fraction of sp³-hybridized carbons (Fsp3) is 0.455. The first kappa shape index (κ1) is 12.9. The molecule has 1 atom stereocenters. The van der Waals surface area contributed by atoms with Crippen LogP contribution in [0.3, 0.4) is 0 Å². The summed E-state index contributed by atoms with van der Waals surface area (Å²) in [4.78, 5) is 23.3. The number of nitrogens with one attached hydrogen (secondary N) is 1. The Morgan fingerprint density at radius 1 is 1.50 bits per heavy atom. The highest BCUT2D eigenvalue weighted by Gasteiger charge is 2.20. The third-order valence-corrected chi connectivity index (χ3v) is 2.79. The van der Waals surface area contributed by atoms with E-state index in [1.807, 2.05) is 13.8 Å². The maximum Gasteiger partial charge on any atom is 0.222 e. The molecule has 1 aromatic rings. The van der Waals surface area contributed by atoms with Gasteiger partial charge in [0.2, 0.25) is 11.7 Å². The van der Waals surface area contributed by atoms with Crippen molar-refractivity contribution in [2.24, 2.45) is 5.92 Å². The van der Waals surface area contributed by atoms with Crippen LogP contribution in [-0.2, 0) is 4.79 Å². The number of rotatable bonds is 5. The van der Waals surface area contributed by atoms with Crippen LogP contribution < -0.4 is 5.32 Å². The van der Waals surface area contributed by atoms with E-state index in [4.69, 9.17) is 0 Å². The van der Waals surface area contributed by atoms with Gasteiger partial charge < -0.3 is 10.4 Å². The fourth-order valence-corrected chi connectivity index (χ4v) is 1.89. The van der Waals surface area contributed by atoms with Gasteiger partial charge in [0.05, 0.1) is 4.88 Å². The molecule has 5 heteroatoms. The molecule has 2 N–H and O–H groups in total. The Labute approximate surface area is 98.3 Å². The van der Waals surface area contributed by atoms with Crippen LogP contribution >= 0.6 is 11.3 Å². The topological polar surface area (TPSA) is 66.4 Å². The minimum Gasteiger partial charge on any atom is -0.367 e. The molecule has 0 radical (unpaired) electrons. The zero-order valence-electron chi connectivity index (χ0n) is 9.27. The standard InChI is InChI=1S/C11H15NO3S/c1-7(2)6-9(13)12-11(15)10(14)8-4-3-5-16-8/h3-5,7,11,15H,6H2,1-2H3,(H,12,13)/t11-/m1/s1. The first-order valence-corrected chi connectivity index (χ1v) is 5.94. The number of thiophene rings is 1. The Morgan fingerprint density at radius 3 is 2.69 bits per heavy atom. The number of Topliss-reactive ketones (excluding diaryl/α,β-unsaturated/α-hetero) is 1. The van der Waals surface area contributed by atoms with Crippen molar-refractivity contribution < 1.29 is 14.7 Å². The van der Waals surface area contributed by atoms with E-state index in [-0.39, 0.29) is 11.8 Å². The van der Waals surface area contributed by atoms with E-state index >= 15 is 0 Å². The second kappa shape index (κ2) is 5.77. The Bertz CT molecular complexity index is 359. The maximum absolute atomic E-state index is 11.6. The Morgan fingerprint density at radius 2 is 2.19 bits per heavy atom. The van der Waals surface area contributed by atoms with Crippen molar-refractivity contribution in [3.05, 3.63) is 22.4 Å². The number of carbonyl (C=O) groups excluding carboxylic acids is 2. The number of ketones is 1. The number of aliphatic hydroxyl groups excluding tert-OH is 1. The van der Waals surface area contributed by atoms with Crippen LogP contribution in [0.5, 0.6) is 0 Å². The third kappa shape index (κ3) is 3.75. The maximum atomic E-state index is 11.6. The lowest BCUT2D eigenvalue weighted by molar-refractivity contribution is -0.124. The second-order valence-electron chi connectivity index (χ2n) is 3.91. The summed E-state index contributed by atoms with van der Waals surface area (Å²) in [5.74, 6) is -0.580. The lowest BCUT2D eigenvalue weighted by Crippen LogP contribution is -2.40. The molecule has 88 valence electrons. The summed E-state index contributed by atoms with van der Waals surface area (Å²) in [6.45, 7) is 3.79. The van der Waals surface area contributed by atoms with E-state index < -0.39 is 12.0 Å². The molecule has 1 amide bonds. The van der Waals surface area contributed by atoms with Crippen LogP contribution in [0, 0.1) is 5.92 Å². The number of amides is 1. The SMILES string of the molecule is CC(C)CC(=O)N[C@H](O)C(=O)c1cccs1. The molecule has 0 aliphatic rings. The molecule has 1 aromatic heterocycles. The van der Waals surface area contributed by atoms with Crippen molar-refractivity contribution in [1.82, 2.24) is 5.32 Å². The average molecular weight is 241 g/mol. The van der Waals surface area contributed by atoms with E-state index in [2.05, 4.69) is 5.32 Å². The molecule has 0 spiro atoms. The summed E-state index contributed by atoms with van der Waals surface area (Å²) in [5, 5.41) is 13.5. The molecule has 1 heterocycles. The Hall–Kier alpha value is -1.20. The van der Waals surface area contributed by atoms with Crippen molar-refractivity contribution in [2.75, 3.05) is 0 Å². The van der Waals surface area contributed by atoms with Gasteiger partial charge in [0.15, 0.2) is 6.23 Å². The average Bonchev–Trinajstić information content (AvgIpc) is 2.67. The molecular weight excluding hydrogens is 226 g/mol. The summed E-state index contributed by atoms with van der Waals surface area (Å²) >= 11 is 1.24. The third-order valence-electron chi connectivity index (χ3n) is 1.90. The quantitative estimate of drug-likeness (QED) is 0.605. The molecule has 0 fully saturated rings. The molecule has 0 aromatic carbocycles. The van der Waals surface area contributed by atoms with E-state index in [9.17, 15) is 14.7 Å². The monoisotopic (exact) mass is 241 g/mol. The lowest BCUT2D eigenvalue weighted by atomic mass is 10.1. The van der Waals surface area contributed by atoms with Gasteiger partial charge in [-0.25, -0.2) is 0 Å². The Kier molecular flexibility index (Phi) is 4.64. The van der Waals surface area contributed by atoms with Crippen LogP contribution in [0.2, 0.25) is 0 Å². The van der Waals surface area contributed by atoms with Gasteiger partial charge in [0.25, 0.3) is 0 Å². The molecule has 0 unspecified atom stereocenters. The van der Waals surface area contributed by atoms with Crippen LogP contribution in [0.25, 0.3) is 0 Å². The predicted molar refractivity (Wildman–Crippen MR) is 62.3 cm³/mol. The first-order chi connectivity index (χ1) is 7.50. The summed E-state index contributed by atoms with van der Waals surface area (Å²) in [7, 11) is 0. The molecule has 0 saturated heterocycles. The van der Waals surface area contributed by atoms with E-state index in [1.165, 1.54) is 11.3 Å². The fourth-order valence-electron chi connectivity index (χ4n) is 1.20. The van der Waals surface area contributed by atoms with Crippen molar-refractivity contribution >= 4 is 23.0 Å². The highest BCUT2D eigenvalue weighted by molar-refractivity contribution is 7.12. The zero-order valence-corrected chi connectivity index (χ0v) is 10.1. The van der Waals surface area contributed by atoms with Gasteiger partial charge in [-0.2, -0.15) is 0 Å². The number of hydrogen-bond donors (Lipinski definition) is 2. The summed E-state index contributed by atoms with van der Waals surface area (Å²) < 4.78 is 0. The van der Waals surface area contributed by atoms with Gasteiger partial charge in [0, 0.05) is 6.42 Å². The molecule has 1 rings (SSSR count). The summed E-state index contributed by atoms with van der Waals surface area (Å²) in [5.41, 5.74) is 0. The van der Waals surface area contributed by atoms with Crippen LogP contribution in [0.4, 0.5) is 0 Å². The molecule has 16 heavy (non-hydrogen) atoms. The van der Waals surface area contributed by atoms with Crippen LogP contribution in [0.1, 0.15) is 29.9 Å². The van der Waals surface area contributed by atoms with Crippen molar-refractivity contribution in [2.45, 2.75) is 26.5 Å². The first-order valence-electron chi connectivity index (χ1n) is 5.06. The smallest absolute Gasteiger partial charge is 0.222 e. The van der Waals surface area contributed by atoms with Crippen LogP contribution in [-0.4, -0.2) is 23.0 Å². The minimum atomic E-state index is -1.44. The predicted octanol–water partition coefficient (Wildman–Crippen LogP) is 1.41. The van der Waals surface area contributed by atoms with E-state index in [1.54, 1.807) is 17.5 Å². The molecule has 0 aliphatic carbocycles. The Balaban J connectivity index is 2.49. The van der Waals surface area contributed by atoms with Gasteiger partial charge >= 0.3 is 0 Å². The second-order valence-corrected chi connectivity index (χ2v) is 4.86. The molecule has 4 nitrogen and oxygen atoms in total. The van der Waals surface area contributed by atoms with Gasteiger partial charge in [-0.15, -0.1) is 11.3 Å². The van der Waals surface area contributed by atoms with E-state index in [0.29, 0.717) is 11.3 Å². The van der Waals surface area contributed by atoms with Crippen LogP contribution in [0.15, 0.2) is 17.5 Å². The molecule has 0 bridgehead atoms. The molecule has 0 aliphatic heterocycles. The number of carbonyl (C=O) groups is 2. The largest absolute Gasteiger partial charge is 0.367 e. The van der Waals surface area contributed by atoms with Gasteiger partial charge in [0.1, 0.15) is 0 Å². The number of hydrogen-bond acceptors (Lipinski definition) is 4. The van der Waals surface area contributed by atoms with Crippen molar-refractivity contribution in [3.63, 3.8) is 0 Å². The summed E-state index contributed by atoms with van der Waals surface area (Å²) in [6.07, 6.45) is -1.14. The van der Waals surface area contributed by atoms with Gasteiger partial charge in [-0.1, -0.05) is 19.9 Å². The van der Waals surface area contributed by atoms with Gasteiger partial charge in [-0.3, -0.25) is 9.59 Å². The zero-order chi connectivity index (χ0) is 12.1. The highest BCUT2D eigenvalue weighted by atomic mass is 32.1. The summed E-state index contributed by atoms with van der Waals surface area (Å²) in [6, 6.07) is 3.34.